The van der Waals surface area contributed by atoms with E-state index >= 15 is 0 Å². The first-order valence-electron chi connectivity index (χ1n) is 6.85. The van der Waals surface area contributed by atoms with Crippen LogP contribution in [0.2, 0.25) is 0 Å². The van der Waals surface area contributed by atoms with Crippen molar-refractivity contribution in [1.29, 1.82) is 0 Å². The van der Waals surface area contributed by atoms with Crippen LogP contribution in [0.15, 0.2) is 0 Å². The molecule has 1 amide bonds. The van der Waals surface area contributed by atoms with Crippen LogP contribution < -0.4 is 5.73 Å². The van der Waals surface area contributed by atoms with Crippen LogP contribution in [0.1, 0.15) is 47.5 Å². The molecule has 1 saturated heterocycles. The van der Waals surface area contributed by atoms with Crippen LogP contribution in [0.4, 0.5) is 0 Å². The topological polar surface area (TPSA) is 55.6 Å². The first kappa shape index (κ1) is 15.4. The molecule has 18 heavy (non-hydrogen) atoms. The summed E-state index contributed by atoms with van der Waals surface area (Å²) >= 11 is 0. The molecule has 0 aromatic carbocycles. The summed E-state index contributed by atoms with van der Waals surface area (Å²) in [4.78, 5) is 14.2. The number of hydrogen-bond donors (Lipinski definition) is 1. The molecule has 1 heterocycles. The van der Waals surface area contributed by atoms with E-state index in [4.69, 9.17) is 10.5 Å². The first-order valence-corrected chi connectivity index (χ1v) is 6.85. The summed E-state index contributed by atoms with van der Waals surface area (Å²) in [7, 11) is 0. The monoisotopic (exact) mass is 256 g/mol. The fourth-order valence-corrected chi connectivity index (χ4v) is 2.45. The lowest BCUT2D eigenvalue weighted by molar-refractivity contribution is -0.143. The van der Waals surface area contributed by atoms with Gasteiger partial charge >= 0.3 is 0 Å². The minimum atomic E-state index is -0.0529. The number of nitrogens with zero attached hydrogens (tertiary/aromatic N) is 1. The zero-order valence-corrected chi connectivity index (χ0v) is 12.4. The Bertz CT molecular complexity index is 286. The van der Waals surface area contributed by atoms with Gasteiger partial charge in [0.1, 0.15) is 0 Å². The quantitative estimate of drug-likeness (QED) is 0.837. The van der Waals surface area contributed by atoms with E-state index in [2.05, 4.69) is 20.8 Å². The zero-order valence-electron chi connectivity index (χ0n) is 12.4. The van der Waals surface area contributed by atoms with Crippen LogP contribution in [-0.2, 0) is 9.53 Å². The highest BCUT2D eigenvalue weighted by atomic mass is 16.5. The van der Waals surface area contributed by atoms with E-state index in [0.29, 0.717) is 19.6 Å². The maximum atomic E-state index is 12.2. The largest absolute Gasteiger partial charge is 0.375 e. The Morgan fingerprint density at radius 1 is 1.44 bits per heavy atom. The number of ether oxygens (including phenoxy) is 1. The average Bonchev–Trinajstić information content (AvgIpc) is 2.18. The number of nitrogens with two attached hydrogens (primary N) is 1. The van der Waals surface area contributed by atoms with Gasteiger partial charge in [0, 0.05) is 19.0 Å². The summed E-state index contributed by atoms with van der Waals surface area (Å²) < 4.78 is 5.53. The Balaban J connectivity index is 2.48. The molecule has 1 aliphatic heterocycles. The average molecular weight is 256 g/mol. The summed E-state index contributed by atoms with van der Waals surface area (Å²) in [5.74, 6) is 0.161. The van der Waals surface area contributed by atoms with Crippen molar-refractivity contribution < 1.29 is 9.53 Å². The Labute approximate surface area is 111 Å². The van der Waals surface area contributed by atoms with Crippen molar-refractivity contribution in [3.05, 3.63) is 0 Å². The molecule has 0 aromatic rings. The van der Waals surface area contributed by atoms with Crippen LogP contribution >= 0.6 is 0 Å². The van der Waals surface area contributed by atoms with Crippen molar-refractivity contribution in [2.75, 3.05) is 13.2 Å². The maximum Gasteiger partial charge on any atom is 0.224 e. The third-order valence-corrected chi connectivity index (χ3v) is 3.24. The van der Waals surface area contributed by atoms with Gasteiger partial charge in [-0.2, -0.15) is 0 Å². The zero-order chi connectivity index (χ0) is 13.9. The van der Waals surface area contributed by atoms with Gasteiger partial charge in [-0.25, -0.2) is 0 Å². The van der Waals surface area contributed by atoms with Crippen molar-refractivity contribution in [3.8, 4) is 0 Å². The summed E-state index contributed by atoms with van der Waals surface area (Å²) in [6.07, 6.45) is 1.44. The number of amides is 1. The van der Waals surface area contributed by atoms with Crippen molar-refractivity contribution >= 4 is 5.91 Å². The number of carbonyl (C=O) groups excluding carboxylic acids is 1. The van der Waals surface area contributed by atoms with Crippen LogP contribution in [0.5, 0.6) is 0 Å². The van der Waals surface area contributed by atoms with E-state index in [9.17, 15) is 4.79 Å². The number of carbonyl (C=O) groups is 1. The van der Waals surface area contributed by atoms with E-state index in [0.717, 1.165) is 6.42 Å². The summed E-state index contributed by atoms with van der Waals surface area (Å²) in [5, 5.41) is 0. The molecule has 0 aromatic heterocycles. The molecule has 4 heteroatoms. The molecule has 106 valence electrons. The highest BCUT2D eigenvalue weighted by Crippen LogP contribution is 2.22. The molecule has 0 radical (unpaired) electrons. The molecule has 0 spiro atoms. The Kier molecular flexibility index (Phi) is 5.17. The van der Waals surface area contributed by atoms with Crippen LogP contribution in [-0.4, -0.2) is 42.1 Å². The van der Waals surface area contributed by atoms with E-state index in [1.165, 1.54) is 0 Å². The lowest BCUT2D eigenvalue weighted by atomic mass is 9.87. The second-order valence-electron chi connectivity index (χ2n) is 6.77. The van der Waals surface area contributed by atoms with E-state index < -0.39 is 0 Å². The van der Waals surface area contributed by atoms with Gasteiger partial charge in [0.2, 0.25) is 5.91 Å². The van der Waals surface area contributed by atoms with Gasteiger partial charge in [0.15, 0.2) is 0 Å². The lowest BCUT2D eigenvalue weighted by Gasteiger charge is -2.37. The SMILES string of the molecule is CC1CN(C(=O)CC(N)CC(C)(C)C)C(C)CO1. The molecule has 4 nitrogen and oxygen atoms in total. The number of morpholine rings is 1. The maximum absolute atomic E-state index is 12.2. The van der Waals surface area contributed by atoms with Gasteiger partial charge < -0.3 is 15.4 Å². The summed E-state index contributed by atoms with van der Waals surface area (Å²) in [6.45, 7) is 11.8. The van der Waals surface area contributed by atoms with Crippen LogP contribution in [0.25, 0.3) is 0 Å². The summed E-state index contributed by atoms with van der Waals surface area (Å²) in [6, 6.07) is 0.110. The normalized spacial score (nSPS) is 27.1. The Morgan fingerprint density at radius 2 is 2.06 bits per heavy atom. The Morgan fingerprint density at radius 3 is 2.61 bits per heavy atom. The second kappa shape index (κ2) is 6.02. The van der Waals surface area contributed by atoms with E-state index in [1.807, 2.05) is 18.7 Å². The van der Waals surface area contributed by atoms with Gasteiger partial charge in [0.05, 0.1) is 18.8 Å². The number of rotatable bonds is 3. The first-order chi connectivity index (χ1) is 8.19. The van der Waals surface area contributed by atoms with E-state index in [-0.39, 0.29) is 29.5 Å². The van der Waals surface area contributed by atoms with Crippen LogP contribution in [0, 0.1) is 5.41 Å². The van der Waals surface area contributed by atoms with Gasteiger partial charge in [-0.3, -0.25) is 4.79 Å². The van der Waals surface area contributed by atoms with Gasteiger partial charge in [0.25, 0.3) is 0 Å². The molecule has 0 bridgehead atoms. The molecule has 1 aliphatic rings. The Hall–Kier alpha value is -0.610. The standard InChI is InChI=1S/C14H28N2O2/c1-10-9-18-11(2)8-16(10)13(17)6-12(15)7-14(3,4)5/h10-12H,6-9,15H2,1-5H3. The second-order valence-corrected chi connectivity index (χ2v) is 6.77. The van der Waals surface area contributed by atoms with Gasteiger partial charge in [-0.05, 0) is 25.7 Å². The number of hydrogen-bond acceptors (Lipinski definition) is 3. The molecule has 0 aliphatic carbocycles. The fraction of sp³-hybridized carbons (Fsp3) is 0.929. The molecule has 1 fully saturated rings. The van der Waals surface area contributed by atoms with Crippen molar-refractivity contribution in [2.45, 2.75) is 65.6 Å². The third-order valence-electron chi connectivity index (χ3n) is 3.24. The van der Waals surface area contributed by atoms with Gasteiger partial charge in [-0.15, -0.1) is 0 Å². The molecule has 2 N–H and O–H groups in total. The molecular weight excluding hydrogens is 228 g/mol. The summed E-state index contributed by atoms with van der Waals surface area (Å²) in [5.41, 5.74) is 6.24. The highest BCUT2D eigenvalue weighted by molar-refractivity contribution is 5.77. The van der Waals surface area contributed by atoms with Crippen LogP contribution in [0.3, 0.4) is 0 Å². The van der Waals surface area contributed by atoms with Crippen molar-refractivity contribution in [2.24, 2.45) is 11.1 Å². The van der Waals surface area contributed by atoms with Gasteiger partial charge in [-0.1, -0.05) is 20.8 Å². The minimum absolute atomic E-state index is 0.0529. The predicted molar refractivity (Wildman–Crippen MR) is 73.3 cm³/mol. The highest BCUT2D eigenvalue weighted by Gasteiger charge is 2.29. The molecular formula is C14H28N2O2. The molecule has 0 saturated carbocycles. The predicted octanol–water partition coefficient (Wildman–Crippen LogP) is 1.78. The van der Waals surface area contributed by atoms with Crippen molar-refractivity contribution in [3.63, 3.8) is 0 Å². The third kappa shape index (κ3) is 4.94. The van der Waals surface area contributed by atoms with E-state index in [1.54, 1.807) is 0 Å². The fourth-order valence-electron chi connectivity index (χ4n) is 2.45. The molecule has 3 atom stereocenters. The van der Waals surface area contributed by atoms with Crippen molar-refractivity contribution in [1.82, 2.24) is 4.90 Å². The minimum Gasteiger partial charge on any atom is -0.375 e. The lowest BCUT2D eigenvalue weighted by Crippen LogP contribution is -2.51. The smallest absolute Gasteiger partial charge is 0.224 e. The molecule has 1 rings (SSSR count). The molecule has 3 unspecified atom stereocenters.